The van der Waals surface area contributed by atoms with Crippen LogP contribution in [0.2, 0.25) is 39.3 Å². The third kappa shape index (κ3) is 4.83. The standard InChI is InChI=1S/C38H37N3Si2/c1-42(2,3)29-19-21-39-34(25-29)27-11-9-12-28(23-27)41-35-16-8-7-13-31(35)32-18-17-26(24-36(32)41)30-14-10-15-33-37(43(4,5)6)20-22-40-38(30)33/h7-25H,1-6H3. The van der Waals surface area contributed by atoms with Crippen molar-refractivity contribution < 1.29 is 0 Å². The Labute approximate surface area is 255 Å². The van der Waals surface area contributed by atoms with E-state index in [0.717, 1.165) is 22.5 Å². The summed E-state index contributed by atoms with van der Waals surface area (Å²) in [5, 5.41) is 6.66. The smallest absolute Gasteiger partial charge is 0.0785 e. The van der Waals surface area contributed by atoms with Gasteiger partial charge in [-0.25, -0.2) is 0 Å². The Balaban J connectivity index is 1.45. The molecule has 0 N–H and O–H groups in total. The van der Waals surface area contributed by atoms with Gasteiger partial charge in [0.05, 0.1) is 38.4 Å². The summed E-state index contributed by atoms with van der Waals surface area (Å²) in [5.41, 5.74) is 9.14. The summed E-state index contributed by atoms with van der Waals surface area (Å²) in [6.45, 7) is 14.4. The zero-order chi connectivity index (χ0) is 29.9. The Hall–Kier alpha value is -4.33. The Bertz CT molecular complexity index is 2160. The summed E-state index contributed by atoms with van der Waals surface area (Å²) in [4.78, 5) is 9.70. The van der Waals surface area contributed by atoms with Crippen LogP contribution in [0.1, 0.15) is 0 Å². The van der Waals surface area contributed by atoms with Gasteiger partial charge in [0.2, 0.25) is 0 Å². The lowest BCUT2D eigenvalue weighted by atomic mass is 10.0. The number of nitrogens with zero attached hydrogens (tertiary/aromatic N) is 3. The third-order valence-corrected chi connectivity index (χ3v) is 12.7. The molecule has 5 heteroatoms. The highest BCUT2D eigenvalue weighted by Gasteiger charge is 2.21. The average Bonchev–Trinajstić information content (AvgIpc) is 3.33. The van der Waals surface area contributed by atoms with Gasteiger partial charge in [0.25, 0.3) is 0 Å². The van der Waals surface area contributed by atoms with Crippen LogP contribution in [0, 0.1) is 0 Å². The molecular formula is C38H37N3Si2. The van der Waals surface area contributed by atoms with Crippen LogP contribution in [-0.4, -0.2) is 30.7 Å². The van der Waals surface area contributed by atoms with Crippen LogP contribution in [0.3, 0.4) is 0 Å². The number of pyridine rings is 2. The fraction of sp³-hybridized carbons (Fsp3) is 0.158. The molecule has 0 aliphatic rings. The van der Waals surface area contributed by atoms with Gasteiger partial charge >= 0.3 is 0 Å². The van der Waals surface area contributed by atoms with Crippen LogP contribution in [0.25, 0.3) is 60.8 Å². The number of fused-ring (bicyclic) bond motifs is 4. The zero-order valence-electron chi connectivity index (χ0n) is 25.8. The van der Waals surface area contributed by atoms with Crippen LogP contribution >= 0.6 is 0 Å². The first-order chi connectivity index (χ1) is 20.6. The van der Waals surface area contributed by atoms with E-state index >= 15 is 0 Å². The maximum absolute atomic E-state index is 4.92. The van der Waals surface area contributed by atoms with E-state index in [2.05, 4.69) is 147 Å². The van der Waals surface area contributed by atoms with Gasteiger partial charge in [-0.2, -0.15) is 0 Å². The fourth-order valence-electron chi connectivity index (χ4n) is 6.34. The van der Waals surface area contributed by atoms with Crippen molar-refractivity contribution in [1.29, 1.82) is 0 Å². The molecule has 0 bridgehead atoms. The minimum atomic E-state index is -1.54. The summed E-state index contributed by atoms with van der Waals surface area (Å²) in [6, 6.07) is 37.8. The molecule has 0 radical (unpaired) electrons. The number of aromatic nitrogens is 3. The van der Waals surface area contributed by atoms with Crippen molar-refractivity contribution >= 4 is 59.2 Å². The van der Waals surface area contributed by atoms with E-state index in [1.54, 1.807) is 0 Å². The van der Waals surface area contributed by atoms with Gasteiger partial charge in [-0.05, 0) is 53.2 Å². The SMILES string of the molecule is C[Si](C)(C)c1ccnc(-c2cccc(-n3c4ccccc4c4ccc(-c5cccc6c([Si](C)(C)C)ccnc56)cc43)c2)c1. The molecule has 0 fully saturated rings. The van der Waals surface area contributed by atoms with E-state index in [1.165, 1.54) is 48.7 Å². The van der Waals surface area contributed by atoms with Crippen molar-refractivity contribution in [2.45, 2.75) is 39.3 Å². The molecule has 0 saturated carbocycles. The predicted molar refractivity (Wildman–Crippen MR) is 191 cm³/mol. The first-order valence-corrected chi connectivity index (χ1v) is 22.1. The van der Waals surface area contributed by atoms with Crippen molar-refractivity contribution in [3.63, 3.8) is 0 Å². The number of benzene rings is 4. The summed E-state index contributed by atoms with van der Waals surface area (Å²) < 4.78 is 2.41. The Morgan fingerprint density at radius 3 is 2.09 bits per heavy atom. The predicted octanol–water partition coefficient (Wildman–Crippen LogP) is 9.15. The minimum absolute atomic E-state index is 1.03. The summed E-state index contributed by atoms with van der Waals surface area (Å²) in [5.74, 6) is 0. The first kappa shape index (κ1) is 27.5. The van der Waals surface area contributed by atoms with Gasteiger partial charge in [-0.1, -0.05) is 105 Å². The van der Waals surface area contributed by atoms with Gasteiger partial charge in [0.15, 0.2) is 0 Å². The molecule has 3 nitrogen and oxygen atoms in total. The fourth-order valence-corrected chi connectivity index (χ4v) is 9.07. The molecule has 3 heterocycles. The van der Waals surface area contributed by atoms with E-state index in [9.17, 15) is 0 Å². The largest absolute Gasteiger partial charge is 0.309 e. The van der Waals surface area contributed by atoms with E-state index in [4.69, 9.17) is 9.97 Å². The second-order valence-electron chi connectivity index (χ2n) is 13.6. The van der Waals surface area contributed by atoms with Crippen molar-refractivity contribution in [1.82, 2.24) is 14.5 Å². The Morgan fingerprint density at radius 1 is 0.535 bits per heavy atom. The van der Waals surface area contributed by atoms with Crippen LogP contribution in [0.5, 0.6) is 0 Å². The minimum Gasteiger partial charge on any atom is -0.309 e. The second-order valence-corrected chi connectivity index (χ2v) is 23.7. The lowest BCUT2D eigenvalue weighted by molar-refractivity contribution is 1.18. The second kappa shape index (κ2) is 10.1. The molecule has 0 amide bonds. The lowest BCUT2D eigenvalue weighted by Crippen LogP contribution is -2.38. The van der Waals surface area contributed by atoms with Crippen LogP contribution < -0.4 is 10.4 Å². The summed E-state index contributed by atoms with van der Waals surface area (Å²) in [6.07, 6.45) is 3.96. The van der Waals surface area contributed by atoms with E-state index in [1.807, 2.05) is 12.4 Å². The molecule has 3 aromatic heterocycles. The van der Waals surface area contributed by atoms with Gasteiger partial charge in [-0.15, -0.1) is 0 Å². The highest BCUT2D eigenvalue weighted by atomic mass is 28.3. The Kier molecular flexibility index (Phi) is 6.49. The molecule has 0 unspecified atom stereocenters. The van der Waals surface area contributed by atoms with Gasteiger partial charge in [-0.3, -0.25) is 9.97 Å². The normalized spacial score (nSPS) is 12.4. The number of rotatable bonds is 5. The lowest BCUT2D eigenvalue weighted by Gasteiger charge is -2.19. The molecule has 0 spiro atoms. The summed E-state index contributed by atoms with van der Waals surface area (Å²) >= 11 is 0. The van der Waals surface area contributed by atoms with Crippen molar-refractivity contribution in [3.05, 3.63) is 116 Å². The van der Waals surface area contributed by atoms with E-state index < -0.39 is 16.1 Å². The average molecular weight is 592 g/mol. The monoisotopic (exact) mass is 591 g/mol. The maximum atomic E-state index is 4.92. The first-order valence-electron chi connectivity index (χ1n) is 15.1. The highest BCUT2D eigenvalue weighted by Crippen LogP contribution is 2.37. The van der Waals surface area contributed by atoms with Crippen LogP contribution in [-0.2, 0) is 0 Å². The van der Waals surface area contributed by atoms with Gasteiger partial charge in [0, 0.05) is 45.4 Å². The number of para-hydroxylation sites is 2. The summed E-state index contributed by atoms with van der Waals surface area (Å²) in [7, 11) is -2.99. The quantitative estimate of drug-likeness (QED) is 0.187. The number of hydrogen-bond acceptors (Lipinski definition) is 2. The van der Waals surface area contributed by atoms with Crippen LogP contribution in [0.15, 0.2) is 116 Å². The molecule has 0 aliphatic carbocycles. The van der Waals surface area contributed by atoms with Gasteiger partial charge < -0.3 is 4.57 Å². The van der Waals surface area contributed by atoms with E-state index in [-0.39, 0.29) is 0 Å². The van der Waals surface area contributed by atoms with Crippen molar-refractivity contribution in [3.8, 4) is 28.1 Å². The molecule has 212 valence electrons. The van der Waals surface area contributed by atoms with Crippen molar-refractivity contribution in [2.24, 2.45) is 0 Å². The maximum Gasteiger partial charge on any atom is 0.0785 e. The van der Waals surface area contributed by atoms with Crippen molar-refractivity contribution in [2.75, 3.05) is 0 Å². The van der Waals surface area contributed by atoms with Crippen LogP contribution in [0.4, 0.5) is 0 Å². The Morgan fingerprint density at radius 2 is 1.28 bits per heavy atom. The molecule has 43 heavy (non-hydrogen) atoms. The molecule has 7 aromatic rings. The highest BCUT2D eigenvalue weighted by molar-refractivity contribution is 6.90. The van der Waals surface area contributed by atoms with Gasteiger partial charge in [0.1, 0.15) is 0 Å². The molecule has 4 aromatic carbocycles. The molecule has 7 rings (SSSR count). The zero-order valence-corrected chi connectivity index (χ0v) is 27.8. The third-order valence-electron chi connectivity index (χ3n) is 8.59. The van der Waals surface area contributed by atoms with E-state index in [0.29, 0.717) is 0 Å². The number of hydrogen-bond donors (Lipinski definition) is 0. The molecule has 0 saturated heterocycles. The molecule has 0 aliphatic heterocycles. The molecular weight excluding hydrogens is 555 g/mol. The topological polar surface area (TPSA) is 30.7 Å². The molecule has 0 atom stereocenters.